The van der Waals surface area contributed by atoms with Crippen LogP contribution in [0.3, 0.4) is 0 Å². The third-order valence-corrected chi connectivity index (χ3v) is 4.88. The van der Waals surface area contributed by atoms with E-state index in [0.29, 0.717) is 6.42 Å². The van der Waals surface area contributed by atoms with Gasteiger partial charge >= 0.3 is 5.97 Å². The Bertz CT molecular complexity index is 767. The first-order valence-electron chi connectivity index (χ1n) is 8.90. The average molecular weight is 335 g/mol. The van der Waals surface area contributed by atoms with Gasteiger partial charge in [0.05, 0.1) is 7.11 Å². The van der Waals surface area contributed by atoms with E-state index >= 15 is 0 Å². The molecule has 25 heavy (non-hydrogen) atoms. The Hall–Kier alpha value is -2.42. The highest BCUT2D eigenvalue weighted by Crippen LogP contribution is 2.26. The molecule has 0 saturated heterocycles. The van der Waals surface area contributed by atoms with Crippen molar-refractivity contribution in [2.75, 3.05) is 7.11 Å². The molecular weight excluding hydrogens is 310 g/mol. The summed E-state index contributed by atoms with van der Waals surface area (Å²) < 4.78 is 5.04. The zero-order chi connectivity index (χ0) is 17.7. The largest absolute Gasteiger partial charge is 0.467 e. The number of esters is 1. The molecule has 0 fully saturated rings. The first-order valence-corrected chi connectivity index (χ1v) is 8.90. The molecule has 1 unspecified atom stereocenters. The number of carbonyl (C=O) groups is 1. The first-order chi connectivity index (χ1) is 12.1. The number of carbonyl (C=O) groups excluding carboxylic acids is 1. The van der Waals surface area contributed by atoms with Gasteiger partial charge in [-0.25, -0.2) is 4.79 Å². The Morgan fingerprint density at radius 1 is 1.12 bits per heavy atom. The van der Waals surface area contributed by atoms with Gasteiger partial charge in [-0.2, -0.15) is 0 Å². The van der Waals surface area contributed by atoms with Crippen LogP contribution in [0.25, 0.3) is 0 Å². The molecule has 1 atom stereocenters. The molecule has 0 radical (unpaired) electrons. The van der Waals surface area contributed by atoms with Crippen molar-refractivity contribution in [3.63, 3.8) is 0 Å². The zero-order valence-electron chi connectivity index (χ0n) is 15.0. The molecule has 3 nitrogen and oxygen atoms in total. The molecule has 3 heteroatoms. The van der Waals surface area contributed by atoms with E-state index in [1.54, 1.807) is 6.21 Å². The fourth-order valence-electron chi connectivity index (χ4n) is 3.44. The lowest BCUT2D eigenvalue weighted by molar-refractivity contribution is -0.146. The number of ether oxygens (including phenoxy) is 1. The molecule has 1 aliphatic carbocycles. The summed E-state index contributed by atoms with van der Waals surface area (Å²) in [5, 5.41) is 0. The summed E-state index contributed by atoms with van der Waals surface area (Å²) >= 11 is 0. The molecule has 0 heterocycles. The quantitative estimate of drug-likeness (QED) is 0.608. The van der Waals surface area contributed by atoms with Crippen molar-refractivity contribution >= 4 is 12.2 Å². The normalized spacial score (nSPS) is 16.2. The van der Waals surface area contributed by atoms with Crippen LogP contribution in [0.4, 0.5) is 0 Å². The Kier molecular flexibility index (Phi) is 5.32. The molecule has 0 saturated carbocycles. The molecule has 0 aromatic heterocycles. The molecular formula is C22H25NO2. The average Bonchev–Trinajstić information content (AvgIpc) is 2.66. The number of rotatable bonds is 5. The van der Waals surface area contributed by atoms with Gasteiger partial charge in [-0.3, -0.25) is 4.99 Å². The Labute approximate surface area is 149 Å². The van der Waals surface area contributed by atoms with E-state index in [1.165, 1.54) is 31.1 Å². The smallest absolute Gasteiger partial charge is 0.333 e. The lowest BCUT2D eigenvalue weighted by atomic mass is 9.87. The molecule has 0 spiro atoms. The van der Waals surface area contributed by atoms with Gasteiger partial charge in [-0.05, 0) is 54.9 Å². The van der Waals surface area contributed by atoms with Gasteiger partial charge in [-0.15, -0.1) is 0 Å². The molecule has 3 rings (SSSR count). The van der Waals surface area contributed by atoms with E-state index in [0.717, 1.165) is 24.0 Å². The number of hydrogen-bond acceptors (Lipinski definition) is 3. The summed E-state index contributed by atoms with van der Waals surface area (Å²) in [6.45, 7) is 1.84. The van der Waals surface area contributed by atoms with E-state index in [1.807, 2.05) is 37.3 Å². The predicted octanol–water partition coefficient (Wildman–Crippen LogP) is 4.16. The maximum absolute atomic E-state index is 12.4. The van der Waals surface area contributed by atoms with E-state index in [9.17, 15) is 4.79 Å². The zero-order valence-corrected chi connectivity index (χ0v) is 15.0. The number of benzene rings is 2. The van der Waals surface area contributed by atoms with Crippen LogP contribution >= 0.6 is 0 Å². The molecule has 0 aliphatic heterocycles. The summed E-state index contributed by atoms with van der Waals surface area (Å²) in [4.78, 5) is 17.0. The first kappa shape index (κ1) is 17.4. The van der Waals surface area contributed by atoms with Crippen LogP contribution in [0.15, 0.2) is 53.5 Å². The summed E-state index contributed by atoms with van der Waals surface area (Å²) in [7, 11) is 1.42. The number of hydrogen-bond donors (Lipinski definition) is 0. The van der Waals surface area contributed by atoms with Crippen molar-refractivity contribution in [2.45, 2.75) is 44.6 Å². The predicted molar refractivity (Wildman–Crippen MR) is 101 cm³/mol. The van der Waals surface area contributed by atoms with Gasteiger partial charge in [0, 0.05) is 12.6 Å². The maximum atomic E-state index is 12.4. The Morgan fingerprint density at radius 3 is 2.56 bits per heavy atom. The second kappa shape index (κ2) is 7.64. The van der Waals surface area contributed by atoms with Crippen LogP contribution < -0.4 is 0 Å². The van der Waals surface area contributed by atoms with E-state index < -0.39 is 5.54 Å². The molecule has 0 amide bonds. The van der Waals surface area contributed by atoms with Crippen molar-refractivity contribution < 1.29 is 9.53 Å². The van der Waals surface area contributed by atoms with E-state index in [2.05, 4.69) is 23.2 Å². The number of aryl methyl sites for hydroxylation is 2. The lowest BCUT2D eigenvalue weighted by Crippen LogP contribution is -2.37. The highest BCUT2D eigenvalue weighted by Gasteiger charge is 2.34. The van der Waals surface area contributed by atoms with Gasteiger partial charge in [0.2, 0.25) is 0 Å². The summed E-state index contributed by atoms with van der Waals surface area (Å²) in [6, 6.07) is 16.4. The fourth-order valence-corrected chi connectivity index (χ4v) is 3.44. The minimum atomic E-state index is -0.923. The summed E-state index contributed by atoms with van der Waals surface area (Å²) in [5.41, 5.74) is 4.06. The second-order valence-corrected chi connectivity index (χ2v) is 6.92. The number of nitrogens with zero attached hydrogens (tertiary/aromatic N) is 1. The maximum Gasteiger partial charge on any atom is 0.333 e. The summed E-state index contributed by atoms with van der Waals surface area (Å²) in [5.74, 6) is -0.308. The minimum Gasteiger partial charge on any atom is -0.467 e. The van der Waals surface area contributed by atoms with Gasteiger partial charge in [-0.1, -0.05) is 48.5 Å². The van der Waals surface area contributed by atoms with Crippen molar-refractivity contribution in [3.05, 3.63) is 70.8 Å². The van der Waals surface area contributed by atoms with Crippen LogP contribution in [0.1, 0.15) is 42.0 Å². The minimum absolute atomic E-state index is 0.308. The standard InChI is InChI=1S/C22H25NO2/c1-22(21(24)25-2,23-16-17-8-4-3-5-9-17)15-18-12-13-19-10-6-7-11-20(19)14-18/h3-5,8-9,12-14,16H,6-7,10-11,15H2,1-2H3. The molecule has 1 aliphatic rings. The highest BCUT2D eigenvalue weighted by atomic mass is 16.5. The van der Waals surface area contributed by atoms with Gasteiger partial charge in [0.1, 0.15) is 0 Å². The van der Waals surface area contributed by atoms with Gasteiger partial charge in [0.15, 0.2) is 5.54 Å². The SMILES string of the molecule is COC(=O)C(C)(Cc1ccc2c(c1)CCCC2)N=Cc1ccccc1. The summed E-state index contributed by atoms with van der Waals surface area (Å²) in [6.07, 6.45) is 7.11. The third-order valence-electron chi connectivity index (χ3n) is 4.88. The van der Waals surface area contributed by atoms with E-state index in [-0.39, 0.29) is 5.97 Å². The molecule has 2 aromatic rings. The number of aliphatic imine (C=N–C) groups is 1. The number of fused-ring (bicyclic) bond motifs is 1. The topological polar surface area (TPSA) is 38.7 Å². The van der Waals surface area contributed by atoms with Crippen molar-refractivity contribution in [2.24, 2.45) is 4.99 Å². The fraction of sp³-hybridized carbons (Fsp3) is 0.364. The van der Waals surface area contributed by atoms with Crippen molar-refractivity contribution in [1.29, 1.82) is 0 Å². The molecule has 2 aromatic carbocycles. The van der Waals surface area contributed by atoms with Gasteiger partial charge in [0.25, 0.3) is 0 Å². The monoisotopic (exact) mass is 335 g/mol. The third kappa shape index (κ3) is 4.16. The number of methoxy groups -OCH3 is 1. The van der Waals surface area contributed by atoms with Crippen molar-refractivity contribution in [3.8, 4) is 0 Å². The second-order valence-electron chi connectivity index (χ2n) is 6.92. The van der Waals surface area contributed by atoms with Crippen molar-refractivity contribution in [1.82, 2.24) is 0 Å². The molecule has 0 N–H and O–H groups in total. The lowest BCUT2D eigenvalue weighted by Gasteiger charge is -2.24. The molecule has 0 bridgehead atoms. The Balaban J connectivity index is 1.85. The van der Waals surface area contributed by atoms with Crippen LogP contribution in [0.5, 0.6) is 0 Å². The molecule has 130 valence electrons. The van der Waals surface area contributed by atoms with Crippen LogP contribution in [-0.4, -0.2) is 24.8 Å². The Morgan fingerprint density at radius 2 is 1.84 bits per heavy atom. The highest BCUT2D eigenvalue weighted by molar-refractivity contribution is 5.86. The van der Waals surface area contributed by atoms with Crippen LogP contribution in [0.2, 0.25) is 0 Å². The van der Waals surface area contributed by atoms with Crippen LogP contribution in [-0.2, 0) is 28.8 Å². The van der Waals surface area contributed by atoms with Gasteiger partial charge < -0.3 is 4.74 Å². The van der Waals surface area contributed by atoms with Crippen LogP contribution in [0, 0.1) is 0 Å². The van der Waals surface area contributed by atoms with E-state index in [4.69, 9.17) is 4.74 Å².